The van der Waals surface area contributed by atoms with Gasteiger partial charge in [0.15, 0.2) is 0 Å². The zero-order chi connectivity index (χ0) is 26.4. The first-order chi connectivity index (χ1) is 17.8. The molecule has 1 aliphatic rings. The molecule has 2 N–H and O–H groups in total. The Bertz CT molecular complexity index is 1350. The van der Waals surface area contributed by atoms with Crippen LogP contribution < -0.4 is 10.1 Å². The lowest BCUT2D eigenvalue weighted by Gasteiger charge is -2.19. The first-order valence-corrected chi connectivity index (χ1v) is 12.7. The number of amides is 1. The fourth-order valence-corrected chi connectivity index (χ4v) is 4.50. The molecule has 0 aliphatic heterocycles. The van der Waals surface area contributed by atoms with Crippen LogP contribution in [0.1, 0.15) is 59.4 Å². The van der Waals surface area contributed by atoms with E-state index in [1.165, 1.54) is 0 Å². The van der Waals surface area contributed by atoms with E-state index in [4.69, 9.17) is 31.4 Å². The third-order valence-corrected chi connectivity index (χ3v) is 6.72. The van der Waals surface area contributed by atoms with Crippen molar-refractivity contribution in [1.82, 2.24) is 15.3 Å². The van der Waals surface area contributed by atoms with Gasteiger partial charge in [-0.25, -0.2) is 9.97 Å². The Kier molecular flexibility index (Phi) is 8.56. The van der Waals surface area contributed by atoms with Crippen molar-refractivity contribution in [1.29, 1.82) is 0 Å². The number of ether oxygens (including phenoxy) is 1. The monoisotopic (exact) mass is 519 g/mol. The number of aromatic nitrogens is 2. The van der Waals surface area contributed by atoms with Crippen molar-refractivity contribution in [3.63, 3.8) is 0 Å². The summed E-state index contributed by atoms with van der Waals surface area (Å²) in [6.07, 6.45) is 7.97. The minimum absolute atomic E-state index is 0.00847. The molecule has 4 rings (SSSR count). The number of halogens is 1. The number of nitrogens with zero attached hydrogens (tertiary/aromatic N) is 2. The number of aryl methyl sites for hydroxylation is 1. The van der Waals surface area contributed by atoms with Crippen molar-refractivity contribution in [3.8, 4) is 5.75 Å². The summed E-state index contributed by atoms with van der Waals surface area (Å²) in [5, 5.41) is 12.8. The summed E-state index contributed by atoms with van der Waals surface area (Å²) in [5.41, 5.74) is 4.49. The molecule has 0 radical (unpaired) electrons. The highest BCUT2D eigenvalue weighted by molar-refractivity contribution is 6.31. The van der Waals surface area contributed by atoms with E-state index in [9.17, 15) is 9.59 Å². The SMILES string of the molecule is COc1ccc(CNC(=O)c2ccc3nc(C4C=CC(Cl)=CC4)c(CCC(C)CC(=O)O)nc3c2)cc1. The summed E-state index contributed by atoms with van der Waals surface area (Å²) in [6, 6.07) is 12.9. The third-order valence-electron chi connectivity index (χ3n) is 6.44. The summed E-state index contributed by atoms with van der Waals surface area (Å²) in [5.74, 6) is -0.197. The van der Waals surface area contributed by atoms with Gasteiger partial charge in [0.25, 0.3) is 5.91 Å². The summed E-state index contributed by atoms with van der Waals surface area (Å²) in [7, 11) is 1.61. The van der Waals surface area contributed by atoms with Gasteiger partial charge < -0.3 is 15.2 Å². The van der Waals surface area contributed by atoms with E-state index < -0.39 is 5.97 Å². The molecule has 2 unspecified atom stereocenters. The predicted molar refractivity (Wildman–Crippen MR) is 144 cm³/mol. The van der Waals surface area contributed by atoms with Crippen LogP contribution in [0.5, 0.6) is 5.75 Å². The van der Waals surface area contributed by atoms with E-state index >= 15 is 0 Å². The molecule has 2 aromatic carbocycles. The molecule has 0 bridgehead atoms. The van der Waals surface area contributed by atoms with Crippen LogP contribution in [0, 0.1) is 5.92 Å². The fourth-order valence-electron chi connectivity index (χ4n) is 4.33. The second kappa shape index (κ2) is 12.0. The maximum Gasteiger partial charge on any atom is 0.303 e. The van der Waals surface area contributed by atoms with Gasteiger partial charge in [-0.3, -0.25) is 9.59 Å². The molecule has 1 amide bonds. The van der Waals surface area contributed by atoms with Gasteiger partial charge in [-0.05, 0) is 67.2 Å². The number of carboxylic acids is 1. The molecule has 0 saturated heterocycles. The standard InChI is InChI=1S/C29H30ClN3O4/c1-18(15-27(34)35)3-13-25-28(20-6-9-22(30)10-7-20)33-24-14-8-21(16-26(24)32-25)29(36)31-17-19-4-11-23(37-2)12-5-19/h4-6,8-12,14,16,18,20H,3,7,13,15,17H2,1-2H3,(H,31,36)(H,34,35). The smallest absolute Gasteiger partial charge is 0.303 e. The van der Waals surface area contributed by atoms with Crippen LogP contribution in [0.15, 0.2) is 65.7 Å². The number of nitrogens with one attached hydrogen (secondary N) is 1. The summed E-state index contributed by atoms with van der Waals surface area (Å²) in [6.45, 7) is 2.32. The van der Waals surface area contributed by atoms with Crippen molar-refractivity contribution in [2.24, 2.45) is 5.92 Å². The highest BCUT2D eigenvalue weighted by Gasteiger charge is 2.20. The number of benzene rings is 2. The van der Waals surface area contributed by atoms with Crippen molar-refractivity contribution in [2.45, 2.75) is 45.1 Å². The lowest BCUT2D eigenvalue weighted by atomic mass is 9.92. The molecular weight excluding hydrogens is 490 g/mol. The van der Waals surface area contributed by atoms with Crippen LogP contribution in [-0.4, -0.2) is 34.1 Å². The number of hydrogen-bond donors (Lipinski definition) is 2. The molecule has 1 aromatic heterocycles. The van der Waals surface area contributed by atoms with Gasteiger partial charge in [0, 0.05) is 29.5 Å². The molecule has 1 aliphatic carbocycles. The predicted octanol–water partition coefficient (Wildman–Crippen LogP) is 5.78. The van der Waals surface area contributed by atoms with Gasteiger partial charge >= 0.3 is 5.97 Å². The topological polar surface area (TPSA) is 101 Å². The van der Waals surface area contributed by atoms with Crippen molar-refractivity contribution >= 4 is 34.5 Å². The summed E-state index contributed by atoms with van der Waals surface area (Å²) < 4.78 is 5.17. The van der Waals surface area contributed by atoms with Crippen molar-refractivity contribution in [3.05, 3.63) is 88.2 Å². The van der Waals surface area contributed by atoms with Gasteiger partial charge in [0.2, 0.25) is 0 Å². The molecule has 37 heavy (non-hydrogen) atoms. The molecular formula is C29H30ClN3O4. The molecule has 0 saturated carbocycles. The number of carbonyl (C=O) groups is 2. The first-order valence-electron chi connectivity index (χ1n) is 12.3. The van der Waals surface area contributed by atoms with Crippen LogP contribution in [0.25, 0.3) is 11.0 Å². The third kappa shape index (κ3) is 6.95. The number of carboxylic acid groups (broad SMARTS) is 1. The quantitative estimate of drug-likeness (QED) is 0.352. The summed E-state index contributed by atoms with van der Waals surface area (Å²) >= 11 is 6.12. The van der Waals surface area contributed by atoms with E-state index in [0.717, 1.165) is 29.1 Å². The van der Waals surface area contributed by atoms with Crippen LogP contribution in [0.2, 0.25) is 0 Å². The molecule has 192 valence electrons. The largest absolute Gasteiger partial charge is 0.497 e. The average Bonchev–Trinajstić information content (AvgIpc) is 2.90. The molecule has 3 aromatic rings. The highest BCUT2D eigenvalue weighted by Crippen LogP contribution is 2.31. The van der Waals surface area contributed by atoms with Gasteiger partial charge in [0.05, 0.1) is 29.5 Å². The van der Waals surface area contributed by atoms with Crippen LogP contribution in [-0.2, 0) is 17.8 Å². The Balaban J connectivity index is 1.56. The Labute approximate surface area is 221 Å². The Morgan fingerprint density at radius 1 is 1.16 bits per heavy atom. The Morgan fingerprint density at radius 3 is 2.62 bits per heavy atom. The van der Waals surface area contributed by atoms with Gasteiger partial charge in [-0.1, -0.05) is 42.8 Å². The van der Waals surface area contributed by atoms with Gasteiger partial charge in [0.1, 0.15) is 5.75 Å². The number of allylic oxidation sites excluding steroid dienone is 4. The maximum absolute atomic E-state index is 12.9. The first kappa shape index (κ1) is 26.4. The van der Waals surface area contributed by atoms with Crippen molar-refractivity contribution in [2.75, 3.05) is 7.11 Å². The lowest BCUT2D eigenvalue weighted by Crippen LogP contribution is -2.22. The molecule has 1 heterocycles. The number of rotatable bonds is 10. The fraction of sp³-hybridized carbons (Fsp3) is 0.310. The minimum atomic E-state index is -0.808. The second-order valence-corrected chi connectivity index (χ2v) is 9.76. The normalized spacial score (nSPS) is 15.8. The zero-order valence-corrected chi connectivity index (χ0v) is 21.7. The molecule has 2 atom stereocenters. The number of methoxy groups -OCH3 is 1. The number of hydrogen-bond acceptors (Lipinski definition) is 5. The lowest BCUT2D eigenvalue weighted by molar-refractivity contribution is -0.138. The number of carbonyl (C=O) groups excluding carboxylic acids is 1. The zero-order valence-electron chi connectivity index (χ0n) is 20.9. The highest BCUT2D eigenvalue weighted by atomic mass is 35.5. The van der Waals surface area contributed by atoms with Crippen LogP contribution >= 0.6 is 11.6 Å². The average molecular weight is 520 g/mol. The number of fused-ring (bicyclic) bond motifs is 1. The van der Waals surface area contributed by atoms with Gasteiger partial charge in [-0.2, -0.15) is 0 Å². The van der Waals surface area contributed by atoms with E-state index in [1.807, 2.05) is 55.5 Å². The summed E-state index contributed by atoms with van der Waals surface area (Å²) in [4.78, 5) is 33.8. The van der Waals surface area contributed by atoms with E-state index in [0.29, 0.717) is 41.0 Å². The van der Waals surface area contributed by atoms with Crippen LogP contribution in [0.4, 0.5) is 0 Å². The van der Waals surface area contributed by atoms with Crippen LogP contribution in [0.3, 0.4) is 0 Å². The van der Waals surface area contributed by atoms with Gasteiger partial charge in [-0.15, -0.1) is 0 Å². The molecule has 7 nitrogen and oxygen atoms in total. The number of aliphatic carboxylic acids is 1. The van der Waals surface area contributed by atoms with E-state index in [1.54, 1.807) is 19.2 Å². The van der Waals surface area contributed by atoms with E-state index in [-0.39, 0.29) is 24.2 Å². The minimum Gasteiger partial charge on any atom is -0.497 e. The molecule has 8 heteroatoms. The second-order valence-electron chi connectivity index (χ2n) is 9.32. The molecule has 0 fully saturated rings. The van der Waals surface area contributed by atoms with Crippen molar-refractivity contribution < 1.29 is 19.4 Å². The van der Waals surface area contributed by atoms with E-state index in [2.05, 4.69) is 5.32 Å². The maximum atomic E-state index is 12.9. The Morgan fingerprint density at radius 2 is 1.95 bits per heavy atom. The Hall–Kier alpha value is -3.71. The molecule has 0 spiro atoms.